The lowest BCUT2D eigenvalue weighted by molar-refractivity contribution is -0.154. The van der Waals surface area contributed by atoms with Gasteiger partial charge in [0, 0.05) is 5.69 Å². The first-order chi connectivity index (χ1) is 11.9. The molecule has 4 heteroatoms. The maximum atomic E-state index is 12.5. The summed E-state index contributed by atoms with van der Waals surface area (Å²) in [5.41, 5.74) is 3.62. The van der Waals surface area contributed by atoms with Crippen LogP contribution in [0.1, 0.15) is 42.9 Å². The van der Waals surface area contributed by atoms with E-state index >= 15 is 0 Å². The van der Waals surface area contributed by atoms with E-state index in [4.69, 9.17) is 4.74 Å². The molecule has 0 saturated heterocycles. The monoisotopic (exact) mass is 339 g/mol. The van der Waals surface area contributed by atoms with Gasteiger partial charge in [-0.25, -0.2) is 0 Å². The average molecular weight is 339 g/mol. The number of benzene rings is 2. The third kappa shape index (κ3) is 4.69. The summed E-state index contributed by atoms with van der Waals surface area (Å²) >= 11 is 0. The second-order valence-electron chi connectivity index (χ2n) is 6.21. The lowest BCUT2D eigenvalue weighted by Gasteiger charge is -2.19. The number of amides is 1. The first-order valence-corrected chi connectivity index (χ1v) is 8.56. The maximum absolute atomic E-state index is 12.5. The normalized spacial score (nSPS) is 13.0. The van der Waals surface area contributed by atoms with Gasteiger partial charge in [0.05, 0.1) is 5.92 Å². The molecule has 0 heterocycles. The Morgan fingerprint density at radius 3 is 2.16 bits per heavy atom. The van der Waals surface area contributed by atoms with E-state index in [2.05, 4.69) is 5.32 Å². The first kappa shape index (κ1) is 18.7. The summed E-state index contributed by atoms with van der Waals surface area (Å²) in [6, 6.07) is 15.3. The quantitative estimate of drug-likeness (QED) is 0.795. The minimum Gasteiger partial charge on any atom is -0.452 e. The van der Waals surface area contributed by atoms with Gasteiger partial charge in [0.2, 0.25) is 0 Å². The van der Waals surface area contributed by atoms with Gasteiger partial charge >= 0.3 is 5.97 Å². The highest BCUT2D eigenvalue weighted by Gasteiger charge is 2.25. The molecule has 1 N–H and O–H groups in total. The molecule has 0 fully saturated rings. The van der Waals surface area contributed by atoms with Gasteiger partial charge in [0.1, 0.15) is 0 Å². The van der Waals surface area contributed by atoms with Crippen molar-refractivity contribution in [3.8, 4) is 0 Å². The Balaban J connectivity index is 2.04. The second-order valence-corrected chi connectivity index (χ2v) is 6.21. The van der Waals surface area contributed by atoms with Crippen LogP contribution in [0.15, 0.2) is 48.5 Å². The Morgan fingerprint density at radius 2 is 1.60 bits per heavy atom. The van der Waals surface area contributed by atoms with Crippen molar-refractivity contribution in [3.05, 3.63) is 65.2 Å². The molecule has 1 amide bonds. The summed E-state index contributed by atoms with van der Waals surface area (Å²) in [5, 5.41) is 2.86. The van der Waals surface area contributed by atoms with Crippen LogP contribution >= 0.6 is 0 Å². The van der Waals surface area contributed by atoms with Crippen LogP contribution in [-0.4, -0.2) is 18.0 Å². The number of para-hydroxylation sites is 1. The van der Waals surface area contributed by atoms with Crippen LogP contribution in [0.4, 0.5) is 5.69 Å². The molecule has 0 aliphatic rings. The van der Waals surface area contributed by atoms with E-state index < -0.39 is 6.10 Å². The van der Waals surface area contributed by atoms with E-state index in [1.165, 1.54) is 0 Å². The van der Waals surface area contributed by atoms with Crippen LogP contribution in [0.2, 0.25) is 0 Å². The van der Waals surface area contributed by atoms with Crippen molar-refractivity contribution in [1.29, 1.82) is 0 Å². The fourth-order valence-electron chi connectivity index (χ4n) is 2.77. The molecule has 2 unspecified atom stereocenters. The molecule has 0 aromatic heterocycles. The SMILES string of the molecule is CCC(C(=O)OC(C)C(=O)Nc1c(C)cccc1C)c1ccccc1. The number of hydrogen-bond donors (Lipinski definition) is 1. The summed E-state index contributed by atoms with van der Waals surface area (Å²) in [4.78, 5) is 24.9. The van der Waals surface area contributed by atoms with Gasteiger partial charge < -0.3 is 10.1 Å². The van der Waals surface area contributed by atoms with Crippen molar-refractivity contribution >= 4 is 17.6 Å². The smallest absolute Gasteiger partial charge is 0.314 e. The second kappa shape index (κ2) is 8.47. The summed E-state index contributed by atoms with van der Waals surface area (Å²) in [7, 11) is 0. The van der Waals surface area contributed by atoms with Crippen LogP contribution < -0.4 is 5.32 Å². The van der Waals surface area contributed by atoms with Crippen molar-refractivity contribution < 1.29 is 14.3 Å². The summed E-state index contributed by atoms with van der Waals surface area (Å²) in [6.07, 6.45) is -0.238. The largest absolute Gasteiger partial charge is 0.452 e. The third-order valence-corrected chi connectivity index (χ3v) is 4.29. The Morgan fingerprint density at radius 1 is 1.00 bits per heavy atom. The number of nitrogens with one attached hydrogen (secondary N) is 1. The molecule has 132 valence electrons. The van der Waals surface area contributed by atoms with Crippen molar-refractivity contribution in [2.45, 2.75) is 46.1 Å². The van der Waals surface area contributed by atoms with E-state index in [1.54, 1.807) is 6.92 Å². The van der Waals surface area contributed by atoms with Gasteiger partial charge in [0.15, 0.2) is 6.10 Å². The predicted octanol–water partition coefficient (Wildman–Crippen LogP) is 4.37. The molecule has 25 heavy (non-hydrogen) atoms. The lowest BCUT2D eigenvalue weighted by Crippen LogP contribution is -2.32. The highest BCUT2D eigenvalue weighted by molar-refractivity contribution is 5.96. The molecule has 0 bridgehead atoms. The van der Waals surface area contributed by atoms with E-state index in [-0.39, 0.29) is 17.8 Å². The molecular formula is C21H25NO3. The first-order valence-electron chi connectivity index (χ1n) is 8.56. The maximum Gasteiger partial charge on any atom is 0.314 e. The summed E-state index contributed by atoms with van der Waals surface area (Å²) in [6.45, 7) is 7.39. The van der Waals surface area contributed by atoms with Gasteiger partial charge in [-0.05, 0) is 43.9 Å². The zero-order valence-corrected chi connectivity index (χ0v) is 15.2. The predicted molar refractivity (Wildman–Crippen MR) is 99.6 cm³/mol. The van der Waals surface area contributed by atoms with Gasteiger partial charge in [-0.1, -0.05) is 55.5 Å². The molecule has 2 aromatic carbocycles. The zero-order valence-electron chi connectivity index (χ0n) is 15.2. The molecule has 0 spiro atoms. The molecule has 4 nitrogen and oxygen atoms in total. The fraction of sp³-hybridized carbons (Fsp3) is 0.333. The molecule has 0 aliphatic heterocycles. The van der Waals surface area contributed by atoms with Crippen molar-refractivity contribution in [3.63, 3.8) is 0 Å². The van der Waals surface area contributed by atoms with Crippen LogP contribution in [0.3, 0.4) is 0 Å². The van der Waals surface area contributed by atoms with Gasteiger partial charge in [-0.15, -0.1) is 0 Å². The molecular weight excluding hydrogens is 314 g/mol. The van der Waals surface area contributed by atoms with E-state index in [0.717, 1.165) is 22.4 Å². The third-order valence-electron chi connectivity index (χ3n) is 4.29. The van der Waals surface area contributed by atoms with Gasteiger partial charge in [0.25, 0.3) is 5.91 Å². The highest BCUT2D eigenvalue weighted by atomic mass is 16.5. The minimum atomic E-state index is -0.857. The van der Waals surface area contributed by atoms with E-state index in [1.807, 2.05) is 69.3 Å². The Hall–Kier alpha value is -2.62. The van der Waals surface area contributed by atoms with E-state index in [9.17, 15) is 9.59 Å². The van der Waals surface area contributed by atoms with Crippen LogP contribution in [0.25, 0.3) is 0 Å². The number of aryl methyl sites for hydroxylation is 2. The number of rotatable bonds is 6. The molecule has 0 radical (unpaired) electrons. The summed E-state index contributed by atoms with van der Waals surface area (Å²) in [5.74, 6) is -1.07. The van der Waals surface area contributed by atoms with E-state index in [0.29, 0.717) is 6.42 Å². The standard InChI is InChI=1S/C21H25NO3/c1-5-18(17-12-7-6-8-13-17)21(24)25-16(4)20(23)22-19-14(2)10-9-11-15(19)3/h6-13,16,18H,5H2,1-4H3,(H,22,23). The molecule has 0 saturated carbocycles. The lowest BCUT2D eigenvalue weighted by atomic mass is 9.97. The number of esters is 1. The van der Waals surface area contributed by atoms with Crippen molar-refractivity contribution in [2.75, 3.05) is 5.32 Å². The number of ether oxygens (including phenoxy) is 1. The Bertz CT molecular complexity index is 720. The number of carbonyl (C=O) groups excluding carboxylic acids is 2. The van der Waals surface area contributed by atoms with Crippen molar-refractivity contribution in [1.82, 2.24) is 0 Å². The Kier molecular flexibility index (Phi) is 6.34. The summed E-state index contributed by atoms with van der Waals surface area (Å²) < 4.78 is 5.42. The van der Waals surface area contributed by atoms with Crippen LogP contribution in [0.5, 0.6) is 0 Å². The number of anilines is 1. The molecule has 0 aliphatic carbocycles. The number of hydrogen-bond acceptors (Lipinski definition) is 3. The van der Waals surface area contributed by atoms with Gasteiger partial charge in [-0.2, -0.15) is 0 Å². The average Bonchev–Trinajstić information content (AvgIpc) is 2.59. The topological polar surface area (TPSA) is 55.4 Å². The molecule has 2 aromatic rings. The van der Waals surface area contributed by atoms with Crippen molar-refractivity contribution in [2.24, 2.45) is 0 Å². The Labute approximate surface area is 149 Å². The fourth-order valence-corrected chi connectivity index (χ4v) is 2.77. The highest BCUT2D eigenvalue weighted by Crippen LogP contribution is 2.23. The van der Waals surface area contributed by atoms with Crippen LogP contribution in [-0.2, 0) is 14.3 Å². The minimum absolute atomic E-state index is 0.325. The molecule has 2 rings (SSSR count). The molecule has 2 atom stereocenters. The van der Waals surface area contributed by atoms with Crippen LogP contribution in [0, 0.1) is 13.8 Å². The number of carbonyl (C=O) groups is 2. The zero-order chi connectivity index (χ0) is 18.4. The van der Waals surface area contributed by atoms with Gasteiger partial charge in [-0.3, -0.25) is 9.59 Å².